The molecule has 0 aromatic carbocycles. The zero-order valence-electron chi connectivity index (χ0n) is 7.52. The molecule has 0 aliphatic carbocycles. The molecule has 1 heterocycles. The molecular formula is C9H11NO3. The van der Waals surface area contributed by atoms with E-state index in [0.717, 1.165) is 0 Å². The van der Waals surface area contributed by atoms with Crippen molar-refractivity contribution in [1.29, 1.82) is 0 Å². The number of carbonyl (C=O) groups is 1. The van der Waals surface area contributed by atoms with Gasteiger partial charge in [-0.3, -0.25) is 0 Å². The van der Waals surface area contributed by atoms with Gasteiger partial charge in [-0.25, -0.2) is 9.78 Å². The summed E-state index contributed by atoms with van der Waals surface area (Å²) >= 11 is 0. The van der Waals surface area contributed by atoms with E-state index in [1.807, 2.05) is 13.8 Å². The third-order valence-electron chi connectivity index (χ3n) is 1.30. The second-order valence-corrected chi connectivity index (χ2v) is 2.83. The number of rotatable bonds is 3. The molecule has 4 nitrogen and oxygen atoms in total. The van der Waals surface area contributed by atoms with Crippen LogP contribution in [0.15, 0.2) is 18.2 Å². The van der Waals surface area contributed by atoms with E-state index in [1.165, 1.54) is 6.07 Å². The van der Waals surface area contributed by atoms with Gasteiger partial charge in [0.15, 0.2) is 5.69 Å². The van der Waals surface area contributed by atoms with Crippen molar-refractivity contribution >= 4 is 5.97 Å². The highest BCUT2D eigenvalue weighted by molar-refractivity contribution is 5.85. The number of aromatic nitrogens is 1. The Kier molecular flexibility index (Phi) is 2.84. The zero-order valence-corrected chi connectivity index (χ0v) is 7.52. The highest BCUT2D eigenvalue weighted by Gasteiger charge is 2.06. The molecule has 0 bridgehead atoms. The highest BCUT2D eigenvalue weighted by Crippen LogP contribution is 2.09. The second kappa shape index (κ2) is 3.89. The first kappa shape index (κ1) is 9.51. The quantitative estimate of drug-likeness (QED) is 0.768. The topological polar surface area (TPSA) is 59.4 Å². The molecule has 0 radical (unpaired) electrons. The lowest BCUT2D eigenvalue weighted by Gasteiger charge is -2.08. The number of carboxylic acids is 1. The van der Waals surface area contributed by atoms with E-state index in [1.54, 1.807) is 12.1 Å². The summed E-state index contributed by atoms with van der Waals surface area (Å²) in [5, 5.41) is 8.63. The number of ether oxygens (including phenoxy) is 1. The van der Waals surface area contributed by atoms with E-state index < -0.39 is 5.97 Å². The molecule has 0 aliphatic rings. The van der Waals surface area contributed by atoms with Crippen molar-refractivity contribution in [1.82, 2.24) is 4.98 Å². The lowest BCUT2D eigenvalue weighted by Crippen LogP contribution is -2.08. The SMILES string of the molecule is CC(C)Oc1cccc(C(=O)O)n1. The van der Waals surface area contributed by atoms with Gasteiger partial charge < -0.3 is 9.84 Å². The standard InChI is InChI=1S/C9H11NO3/c1-6(2)13-8-5-3-4-7(10-8)9(11)12/h3-6H,1-2H3,(H,11,12). The first-order valence-electron chi connectivity index (χ1n) is 3.96. The first-order valence-corrected chi connectivity index (χ1v) is 3.96. The summed E-state index contributed by atoms with van der Waals surface area (Å²) in [4.78, 5) is 14.3. The van der Waals surface area contributed by atoms with Crippen molar-refractivity contribution < 1.29 is 14.6 Å². The number of nitrogens with zero attached hydrogens (tertiary/aromatic N) is 1. The Balaban J connectivity index is 2.85. The Morgan fingerprint density at radius 3 is 2.77 bits per heavy atom. The van der Waals surface area contributed by atoms with Crippen LogP contribution in [0, 0.1) is 0 Å². The van der Waals surface area contributed by atoms with Crippen LogP contribution in [0.4, 0.5) is 0 Å². The Labute approximate surface area is 76.2 Å². The van der Waals surface area contributed by atoms with E-state index in [-0.39, 0.29) is 11.8 Å². The molecule has 13 heavy (non-hydrogen) atoms. The van der Waals surface area contributed by atoms with Gasteiger partial charge in [0.1, 0.15) is 0 Å². The maximum Gasteiger partial charge on any atom is 0.354 e. The molecule has 0 amide bonds. The van der Waals surface area contributed by atoms with Gasteiger partial charge in [0.2, 0.25) is 5.88 Å². The summed E-state index contributed by atoms with van der Waals surface area (Å²) in [6, 6.07) is 4.66. The zero-order chi connectivity index (χ0) is 9.84. The molecule has 0 fully saturated rings. The van der Waals surface area contributed by atoms with Gasteiger partial charge >= 0.3 is 5.97 Å². The Bertz CT molecular complexity index is 309. The summed E-state index contributed by atoms with van der Waals surface area (Å²) in [7, 11) is 0. The maximum atomic E-state index is 10.5. The van der Waals surface area contributed by atoms with Gasteiger partial charge in [-0.15, -0.1) is 0 Å². The normalized spacial score (nSPS) is 10.1. The average Bonchev–Trinajstić information content (AvgIpc) is 2.03. The molecule has 0 saturated heterocycles. The Morgan fingerprint density at radius 1 is 1.54 bits per heavy atom. The summed E-state index contributed by atoms with van der Waals surface area (Å²) in [5.41, 5.74) is -0.00171. The third-order valence-corrected chi connectivity index (χ3v) is 1.30. The van der Waals surface area contributed by atoms with Gasteiger partial charge in [-0.2, -0.15) is 0 Å². The minimum Gasteiger partial charge on any atom is -0.477 e. The summed E-state index contributed by atoms with van der Waals surface area (Å²) < 4.78 is 5.23. The van der Waals surface area contributed by atoms with Crippen LogP contribution in [-0.4, -0.2) is 22.2 Å². The van der Waals surface area contributed by atoms with Crippen molar-refractivity contribution in [2.24, 2.45) is 0 Å². The molecule has 4 heteroatoms. The van der Waals surface area contributed by atoms with Gasteiger partial charge in [0, 0.05) is 6.07 Å². The number of pyridine rings is 1. The van der Waals surface area contributed by atoms with E-state index >= 15 is 0 Å². The van der Waals surface area contributed by atoms with E-state index in [2.05, 4.69) is 4.98 Å². The average molecular weight is 181 g/mol. The van der Waals surface area contributed by atoms with Crippen LogP contribution in [0.25, 0.3) is 0 Å². The third kappa shape index (κ3) is 2.74. The molecule has 70 valence electrons. The van der Waals surface area contributed by atoms with Gasteiger partial charge in [0.25, 0.3) is 0 Å². The van der Waals surface area contributed by atoms with Crippen LogP contribution in [0.3, 0.4) is 0 Å². The summed E-state index contributed by atoms with van der Waals surface area (Å²) in [5.74, 6) is -0.705. The van der Waals surface area contributed by atoms with Crippen molar-refractivity contribution in [2.75, 3.05) is 0 Å². The number of hydrogen-bond donors (Lipinski definition) is 1. The fourth-order valence-electron chi connectivity index (χ4n) is 0.841. The smallest absolute Gasteiger partial charge is 0.354 e. The van der Waals surface area contributed by atoms with Gasteiger partial charge in [0.05, 0.1) is 6.10 Å². The summed E-state index contributed by atoms with van der Waals surface area (Å²) in [6.45, 7) is 3.71. The largest absolute Gasteiger partial charge is 0.477 e. The molecule has 1 rings (SSSR count). The van der Waals surface area contributed by atoms with E-state index in [9.17, 15) is 4.79 Å². The van der Waals surface area contributed by atoms with E-state index in [4.69, 9.17) is 9.84 Å². The molecule has 1 aromatic heterocycles. The number of hydrogen-bond acceptors (Lipinski definition) is 3. The molecule has 0 aliphatic heterocycles. The molecule has 0 unspecified atom stereocenters. The van der Waals surface area contributed by atoms with Gasteiger partial charge in [-0.05, 0) is 19.9 Å². The fraction of sp³-hybridized carbons (Fsp3) is 0.333. The van der Waals surface area contributed by atoms with Crippen LogP contribution in [0.5, 0.6) is 5.88 Å². The lowest BCUT2D eigenvalue weighted by atomic mass is 10.3. The number of carboxylic acid groups (broad SMARTS) is 1. The van der Waals surface area contributed by atoms with Crippen LogP contribution in [0.1, 0.15) is 24.3 Å². The van der Waals surface area contributed by atoms with E-state index in [0.29, 0.717) is 5.88 Å². The Morgan fingerprint density at radius 2 is 2.23 bits per heavy atom. The molecule has 0 saturated carbocycles. The monoisotopic (exact) mass is 181 g/mol. The highest BCUT2D eigenvalue weighted by atomic mass is 16.5. The van der Waals surface area contributed by atoms with Crippen molar-refractivity contribution in [3.63, 3.8) is 0 Å². The fourth-order valence-corrected chi connectivity index (χ4v) is 0.841. The van der Waals surface area contributed by atoms with Crippen LogP contribution in [0.2, 0.25) is 0 Å². The molecule has 1 N–H and O–H groups in total. The van der Waals surface area contributed by atoms with Gasteiger partial charge in [-0.1, -0.05) is 6.07 Å². The molecular weight excluding hydrogens is 170 g/mol. The van der Waals surface area contributed by atoms with Crippen LogP contribution in [-0.2, 0) is 0 Å². The van der Waals surface area contributed by atoms with Crippen LogP contribution >= 0.6 is 0 Å². The van der Waals surface area contributed by atoms with Crippen LogP contribution < -0.4 is 4.74 Å². The van der Waals surface area contributed by atoms with Crippen molar-refractivity contribution in [2.45, 2.75) is 20.0 Å². The lowest BCUT2D eigenvalue weighted by molar-refractivity contribution is 0.0688. The van der Waals surface area contributed by atoms with Crippen molar-refractivity contribution in [3.05, 3.63) is 23.9 Å². The molecule has 0 spiro atoms. The van der Waals surface area contributed by atoms with Crippen molar-refractivity contribution in [3.8, 4) is 5.88 Å². The second-order valence-electron chi connectivity index (χ2n) is 2.83. The molecule has 1 aromatic rings. The summed E-state index contributed by atoms with van der Waals surface area (Å²) in [6.07, 6.45) is -0.00320. The minimum absolute atomic E-state index is 0.00171. The Hall–Kier alpha value is -1.58. The first-order chi connectivity index (χ1) is 6.09. The number of aromatic carboxylic acids is 1. The predicted molar refractivity (Wildman–Crippen MR) is 47.0 cm³/mol. The molecule has 0 atom stereocenters. The maximum absolute atomic E-state index is 10.5. The predicted octanol–water partition coefficient (Wildman–Crippen LogP) is 1.57. The minimum atomic E-state index is -1.05.